The number of hydrogen-bond donors (Lipinski definition) is 1. The van der Waals surface area contributed by atoms with Gasteiger partial charge in [0, 0.05) is 11.8 Å². The van der Waals surface area contributed by atoms with E-state index in [1.807, 2.05) is 47.3 Å². The molecule has 1 N–H and O–H groups in total. The molecule has 8 heteroatoms. The molecular formula is C18H17N7S. The average molecular weight is 363 g/mol. The molecule has 4 aromatic rings. The Labute approximate surface area is 154 Å². The van der Waals surface area contributed by atoms with Crippen LogP contribution in [0.3, 0.4) is 0 Å². The molecule has 1 aromatic carbocycles. The van der Waals surface area contributed by atoms with Gasteiger partial charge in [-0.15, -0.1) is 5.10 Å². The zero-order chi connectivity index (χ0) is 17.3. The summed E-state index contributed by atoms with van der Waals surface area (Å²) in [5, 5.41) is 13.9. The molecule has 1 fully saturated rings. The van der Waals surface area contributed by atoms with Crippen LogP contribution in [0.1, 0.15) is 31.7 Å². The maximum atomic E-state index is 4.62. The standard InChI is InChI=1S/C18H17N7S/c1-2-6-13(5-1)25-18(22-23-24-25)26-16-10-9-12(11-19-16)17-20-14-7-3-4-8-15(14)21-17/h3-4,7-11,13H,1-2,5-6H2,(H,20,21). The van der Waals surface area contributed by atoms with Gasteiger partial charge < -0.3 is 4.98 Å². The number of pyridine rings is 1. The van der Waals surface area contributed by atoms with Crippen molar-refractivity contribution >= 4 is 22.8 Å². The van der Waals surface area contributed by atoms with E-state index in [4.69, 9.17) is 0 Å². The van der Waals surface area contributed by atoms with Gasteiger partial charge in [0.15, 0.2) is 0 Å². The zero-order valence-corrected chi connectivity index (χ0v) is 14.9. The van der Waals surface area contributed by atoms with Gasteiger partial charge >= 0.3 is 0 Å². The first-order valence-corrected chi connectivity index (χ1v) is 9.55. The van der Waals surface area contributed by atoms with Crippen LogP contribution in [0.4, 0.5) is 0 Å². The maximum Gasteiger partial charge on any atom is 0.215 e. The highest BCUT2D eigenvalue weighted by Crippen LogP contribution is 2.33. The van der Waals surface area contributed by atoms with Gasteiger partial charge in [0.1, 0.15) is 10.9 Å². The van der Waals surface area contributed by atoms with Crippen molar-refractivity contribution in [1.82, 2.24) is 35.2 Å². The highest BCUT2D eigenvalue weighted by molar-refractivity contribution is 7.99. The normalized spacial score (nSPS) is 15.1. The predicted octanol–water partition coefficient (Wildman–Crippen LogP) is 3.88. The van der Waals surface area contributed by atoms with Gasteiger partial charge in [-0.3, -0.25) is 0 Å². The molecule has 1 saturated carbocycles. The molecule has 5 rings (SSSR count). The summed E-state index contributed by atoms with van der Waals surface area (Å²) < 4.78 is 1.95. The lowest BCUT2D eigenvalue weighted by atomic mass is 10.3. The van der Waals surface area contributed by atoms with Crippen LogP contribution in [0.25, 0.3) is 22.4 Å². The number of para-hydroxylation sites is 2. The van der Waals surface area contributed by atoms with Gasteiger partial charge in [0.25, 0.3) is 0 Å². The van der Waals surface area contributed by atoms with Crippen LogP contribution in [0, 0.1) is 0 Å². The number of imidazole rings is 1. The summed E-state index contributed by atoms with van der Waals surface area (Å²) in [6.07, 6.45) is 6.63. The summed E-state index contributed by atoms with van der Waals surface area (Å²) in [6, 6.07) is 12.4. The van der Waals surface area contributed by atoms with Crippen LogP contribution >= 0.6 is 11.8 Å². The minimum Gasteiger partial charge on any atom is -0.338 e. The van der Waals surface area contributed by atoms with Crippen LogP contribution in [0.15, 0.2) is 52.8 Å². The van der Waals surface area contributed by atoms with E-state index < -0.39 is 0 Å². The number of fused-ring (bicyclic) bond motifs is 1. The lowest BCUT2D eigenvalue weighted by molar-refractivity contribution is 0.423. The number of nitrogens with one attached hydrogen (secondary N) is 1. The molecule has 130 valence electrons. The van der Waals surface area contributed by atoms with Gasteiger partial charge in [0.2, 0.25) is 5.16 Å². The van der Waals surface area contributed by atoms with Crippen molar-refractivity contribution in [3.63, 3.8) is 0 Å². The number of nitrogens with zero attached hydrogens (tertiary/aromatic N) is 6. The van der Waals surface area contributed by atoms with Crippen LogP contribution in [-0.4, -0.2) is 35.2 Å². The summed E-state index contributed by atoms with van der Waals surface area (Å²) in [5.41, 5.74) is 2.94. The molecule has 7 nitrogen and oxygen atoms in total. The predicted molar refractivity (Wildman–Crippen MR) is 98.8 cm³/mol. The number of H-pyrrole nitrogens is 1. The molecule has 0 spiro atoms. The Morgan fingerprint density at radius 1 is 1.08 bits per heavy atom. The minimum atomic E-state index is 0.419. The van der Waals surface area contributed by atoms with Gasteiger partial charge in [-0.2, -0.15) is 0 Å². The Bertz CT molecular complexity index is 998. The van der Waals surface area contributed by atoms with E-state index in [0.717, 1.165) is 45.4 Å². The van der Waals surface area contributed by atoms with E-state index in [1.54, 1.807) is 0 Å². The lowest BCUT2D eigenvalue weighted by Crippen LogP contribution is -2.08. The summed E-state index contributed by atoms with van der Waals surface area (Å²) in [4.78, 5) is 12.5. The van der Waals surface area contributed by atoms with Crippen LogP contribution in [0.5, 0.6) is 0 Å². The molecule has 0 aliphatic heterocycles. The van der Waals surface area contributed by atoms with Crippen LogP contribution < -0.4 is 0 Å². The molecule has 0 radical (unpaired) electrons. The number of tetrazole rings is 1. The molecule has 0 bridgehead atoms. The fraction of sp³-hybridized carbons (Fsp3) is 0.278. The van der Waals surface area contributed by atoms with E-state index in [-0.39, 0.29) is 0 Å². The van der Waals surface area contributed by atoms with Crippen molar-refractivity contribution in [2.24, 2.45) is 0 Å². The second-order valence-corrected chi connectivity index (χ2v) is 7.42. The molecule has 0 atom stereocenters. The molecule has 0 amide bonds. The number of aromatic amines is 1. The minimum absolute atomic E-state index is 0.419. The highest BCUT2D eigenvalue weighted by Gasteiger charge is 2.22. The zero-order valence-electron chi connectivity index (χ0n) is 14.0. The molecule has 0 saturated heterocycles. The van der Waals surface area contributed by atoms with E-state index in [2.05, 4.69) is 30.5 Å². The van der Waals surface area contributed by atoms with E-state index in [0.29, 0.717) is 6.04 Å². The maximum absolute atomic E-state index is 4.62. The lowest BCUT2D eigenvalue weighted by Gasteiger charge is -2.10. The van der Waals surface area contributed by atoms with Crippen LogP contribution in [0.2, 0.25) is 0 Å². The molecule has 1 aliphatic carbocycles. The number of rotatable bonds is 4. The Balaban J connectivity index is 1.38. The highest BCUT2D eigenvalue weighted by atomic mass is 32.2. The van der Waals surface area contributed by atoms with Crippen molar-refractivity contribution in [1.29, 1.82) is 0 Å². The summed E-state index contributed by atoms with van der Waals surface area (Å²) >= 11 is 1.50. The van der Waals surface area contributed by atoms with E-state index in [1.165, 1.54) is 24.6 Å². The SMILES string of the molecule is c1ccc2[nH]c(-c3ccc(Sc4nnnn4C4CCCC4)nc3)nc2c1. The summed E-state index contributed by atoms with van der Waals surface area (Å²) in [5.74, 6) is 0.825. The van der Waals surface area contributed by atoms with Crippen molar-refractivity contribution in [3.05, 3.63) is 42.6 Å². The molecule has 1 aliphatic rings. The first kappa shape index (κ1) is 15.5. The van der Waals surface area contributed by atoms with Crippen molar-refractivity contribution in [2.45, 2.75) is 41.9 Å². The van der Waals surface area contributed by atoms with Gasteiger partial charge in [-0.25, -0.2) is 14.6 Å². The fourth-order valence-electron chi connectivity index (χ4n) is 3.39. The Kier molecular flexibility index (Phi) is 3.89. The quantitative estimate of drug-likeness (QED) is 0.592. The summed E-state index contributed by atoms with van der Waals surface area (Å²) in [6.45, 7) is 0. The van der Waals surface area contributed by atoms with Crippen molar-refractivity contribution in [3.8, 4) is 11.4 Å². The Hall–Kier alpha value is -2.74. The fourth-order valence-corrected chi connectivity index (χ4v) is 4.18. The number of aromatic nitrogens is 7. The van der Waals surface area contributed by atoms with Crippen LogP contribution in [-0.2, 0) is 0 Å². The first-order valence-electron chi connectivity index (χ1n) is 8.74. The number of hydrogen-bond acceptors (Lipinski definition) is 6. The molecule has 3 aromatic heterocycles. The third-order valence-corrected chi connectivity index (χ3v) is 5.63. The van der Waals surface area contributed by atoms with Gasteiger partial charge in [-0.1, -0.05) is 25.0 Å². The third-order valence-electron chi connectivity index (χ3n) is 4.73. The summed E-state index contributed by atoms with van der Waals surface area (Å²) in [7, 11) is 0. The Morgan fingerprint density at radius 2 is 1.96 bits per heavy atom. The first-order chi connectivity index (χ1) is 12.9. The second kappa shape index (κ2) is 6.53. The largest absolute Gasteiger partial charge is 0.338 e. The molecule has 3 heterocycles. The monoisotopic (exact) mass is 363 g/mol. The van der Waals surface area contributed by atoms with Gasteiger partial charge in [-0.05, 0) is 59.3 Å². The average Bonchev–Trinajstić information content (AvgIpc) is 3.42. The third kappa shape index (κ3) is 2.86. The van der Waals surface area contributed by atoms with Crippen molar-refractivity contribution < 1.29 is 0 Å². The van der Waals surface area contributed by atoms with E-state index in [9.17, 15) is 0 Å². The van der Waals surface area contributed by atoms with E-state index >= 15 is 0 Å². The molecular weight excluding hydrogens is 346 g/mol. The number of benzene rings is 1. The molecule has 26 heavy (non-hydrogen) atoms. The molecule has 0 unspecified atom stereocenters. The second-order valence-electron chi connectivity index (χ2n) is 6.43. The topological polar surface area (TPSA) is 85.2 Å². The smallest absolute Gasteiger partial charge is 0.215 e. The Morgan fingerprint density at radius 3 is 2.77 bits per heavy atom. The van der Waals surface area contributed by atoms with Crippen molar-refractivity contribution in [2.75, 3.05) is 0 Å². The van der Waals surface area contributed by atoms with Gasteiger partial charge in [0.05, 0.1) is 17.1 Å².